The molecule has 0 spiro atoms. The maximum atomic E-state index is 5.73. The third-order valence-electron chi connectivity index (χ3n) is 1.85. The van der Waals surface area contributed by atoms with Gasteiger partial charge in [0, 0.05) is 4.88 Å². The highest BCUT2D eigenvalue weighted by Gasteiger charge is 2.10. The van der Waals surface area contributed by atoms with E-state index in [-0.39, 0.29) is 6.04 Å². The maximum absolute atomic E-state index is 5.73. The van der Waals surface area contributed by atoms with Gasteiger partial charge < -0.3 is 5.73 Å². The molecular formula is C8H11N5S. The summed E-state index contributed by atoms with van der Waals surface area (Å²) in [4.78, 5) is 1.22. The lowest BCUT2D eigenvalue weighted by atomic mass is 10.3. The van der Waals surface area contributed by atoms with Crippen LogP contribution in [0.5, 0.6) is 0 Å². The second-order valence-corrected chi connectivity index (χ2v) is 4.10. The molecule has 0 fully saturated rings. The molecule has 1 unspecified atom stereocenters. The minimum atomic E-state index is -0.134. The lowest BCUT2D eigenvalue weighted by molar-refractivity contribution is 0.592. The number of tetrazole rings is 1. The Kier molecular flexibility index (Phi) is 2.55. The third kappa shape index (κ3) is 1.80. The SMILES string of the molecule is CC(N)c1nnnn1Cc1cccs1. The van der Waals surface area contributed by atoms with Gasteiger partial charge in [0.05, 0.1) is 12.6 Å². The molecule has 5 nitrogen and oxygen atoms in total. The van der Waals surface area contributed by atoms with Crippen molar-refractivity contribution in [1.29, 1.82) is 0 Å². The molecule has 0 bridgehead atoms. The molecule has 0 aliphatic rings. The smallest absolute Gasteiger partial charge is 0.168 e. The molecule has 2 aromatic rings. The number of rotatable bonds is 3. The van der Waals surface area contributed by atoms with Crippen molar-refractivity contribution in [2.45, 2.75) is 19.5 Å². The van der Waals surface area contributed by atoms with Gasteiger partial charge in [0.15, 0.2) is 5.82 Å². The summed E-state index contributed by atoms with van der Waals surface area (Å²) < 4.78 is 1.73. The lowest BCUT2D eigenvalue weighted by Gasteiger charge is -2.04. The Morgan fingerprint density at radius 3 is 3.14 bits per heavy atom. The first kappa shape index (κ1) is 9.29. The van der Waals surface area contributed by atoms with Crippen LogP contribution in [0.15, 0.2) is 17.5 Å². The van der Waals surface area contributed by atoms with Gasteiger partial charge in [0.1, 0.15) is 0 Å². The number of hydrogen-bond donors (Lipinski definition) is 1. The van der Waals surface area contributed by atoms with Gasteiger partial charge in [-0.1, -0.05) is 6.07 Å². The minimum absolute atomic E-state index is 0.134. The first-order valence-corrected chi connectivity index (χ1v) is 5.19. The molecule has 2 N–H and O–H groups in total. The Hall–Kier alpha value is -1.27. The Balaban J connectivity index is 2.21. The first-order valence-electron chi connectivity index (χ1n) is 4.31. The summed E-state index contributed by atoms with van der Waals surface area (Å²) in [5, 5.41) is 13.4. The summed E-state index contributed by atoms with van der Waals surface area (Å²) in [6, 6.07) is 3.93. The Labute approximate surface area is 85.5 Å². The van der Waals surface area contributed by atoms with Crippen LogP contribution in [0.4, 0.5) is 0 Å². The van der Waals surface area contributed by atoms with Crippen molar-refractivity contribution in [1.82, 2.24) is 20.2 Å². The molecule has 14 heavy (non-hydrogen) atoms. The van der Waals surface area contributed by atoms with E-state index in [2.05, 4.69) is 21.6 Å². The molecule has 0 aliphatic carbocycles. The minimum Gasteiger partial charge on any atom is -0.322 e. The van der Waals surface area contributed by atoms with E-state index >= 15 is 0 Å². The summed E-state index contributed by atoms with van der Waals surface area (Å²) in [6.07, 6.45) is 0. The average molecular weight is 209 g/mol. The van der Waals surface area contributed by atoms with Gasteiger partial charge >= 0.3 is 0 Å². The first-order chi connectivity index (χ1) is 6.77. The van der Waals surface area contributed by atoms with Gasteiger partial charge in [-0.2, -0.15) is 0 Å². The zero-order chi connectivity index (χ0) is 9.97. The quantitative estimate of drug-likeness (QED) is 0.811. The normalized spacial score (nSPS) is 13.0. The van der Waals surface area contributed by atoms with E-state index in [4.69, 9.17) is 5.73 Å². The molecule has 2 heterocycles. The van der Waals surface area contributed by atoms with Crippen LogP contribution < -0.4 is 5.73 Å². The van der Waals surface area contributed by atoms with E-state index in [1.54, 1.807) is 16.0 Å². The number of nitrogens with two attached hydrogens (primary N) is 1. The van der Waals surface area contributed by atoms with Gasteiger partial charge in [0.25, 0.3) is 0 Å². The van der Waals surface area contributed by atoms with Crippen LogP contribution in [-0.2, 0) is 6.54 Å². The van der Waals surface area contributed by atoms with Crippen LogP contribution in [0.1, 0.15) is 23.7 Å². The average Bonchev–Trinajstić information content (AvgIpc) is 2.75. The zero-order valence-electron chi connectivity index (χ0n) is 7.79. The fraction of sp³-hybridized carbons (Fsp3) is 0.375. The fourth-order valence-electron chi connectivity index (χ4n) is 1.20. The summed E-state index contributed by atoms with van der Waals surface area (Å²) in [5.41, 5.74) is 5.73. The van der Waals surface area contributed by atoms with Crippen LogP contribution in [0, 0.1) is 0 Å². The molecule has 0 saturated heterocycles. The van der Waals surface area contributed by atoms with Crippen molar-refractivity contribution in [3.05, 3.63) is 28.2 Å². The standard InChI is InChI=1S/C8H11N5S/c1-6(9)8-10-11-12-13(8)5-7-3-2-4-14-7/h2-4,6H,5,9H2,1H3. The Morgan fingerprint density at radius 2 is 2.50 bits per heavy atom. The number of thiophene rings is 1. The highest BCUT2D eigenvalue weighted by atomic mass is 32.1. The van der Waals surface area contributed by atoms with E-state index in [0.29, 0.717) is 6.54 Å². The van der Waals surface area contributed by atoms with Gasteiger partial charge in [-0.3, -0.25) is 0 Å². The van der Waals surface area contributed by atoms with E-state index in [0.717, 1.165) is 5.82 Å². The van der Waals surface area contributed by atoms with Gasteiger partial charge in [0.2, 0.25) is 0 Å². The van der Waals surface area contributed by atoms with Gasteiger partial charge in [-0.05, 0) is 28.8 Å². The summed E-state index contributed by atoms with van der Waals surface area (Å²) >= 11 is 1.68. The highest BCUT2D eigenvalue weighted by Crippen LogP contribution is 2.12. The van der Waals surface area contributed by atoms with Gasteiger partial charge in [-0.25, -0.2) is 4.68 Å². The van der Waals surface area contributed by atoms with Crippen molar-refractivity contribution in [2.24, 2.45) is 5.73 Å². The molecule has 0 radical (unpaired) electrons. The van der Waals surface area contributed by atoms with Crippen LogP contribution in [-0.4, -0.2) is 20.2 Å². The molecule has 0 saturated carbocycles. The van der Waals surface area contributed by atoms with Crippen molar-refractivity contribution < 1.29 is 0 Å². The van der Waals surface area contributed by atoms with Crippen LogP contribution in [0.25, 0.3) is 0 Å². The van der Waals surface area contributed by atoms with Crippen LogP contribution in [0.2, 0.25) is 0 Å². The van der Waals surface area contributed by atoms with E-state index in [9.17, 15) is 0 Å². The van der Waals surface area contributed by atoms with Crippen molar-refractivity contribution >= 4 is 11.3 Å². The van der Waals surface area contributed by atoms with Crippen molar-refractivity contribution in [2.75, 3.05) is 0 Å². The molecule has 0 aliphatic heterocycles. The molecular weight excluding hydrogens is 198 g/mol. The molecule has 74 valence electrons. The highest BCUT2D eigenvalue weighted by molar-refractivity contribution is 7.09. The predicted octanol–water partition coefficient (Wildman–Crippen LogP) is 0.803. The monoisotopic (exact) mass is 209 g/mol. The largest absolute Gasteiger partial charge is 0.322 e. The summed E-state index contributed by atoms with van der Waals surface area (Å²) in [5.74, 6) is 0.721. The molecule has 2 rings (SSSR count). The van der Waals surface area contributed by atoms with E-state index < -0.39 is 0 Å². The van der Waals surface area contributed by atoms with Crippen LogP contribution >= 0.6 is 11.3 Å². The van der Waals surface area contributed by atoms with Crippen LogP contribution in [0.3, 0.4) is 0 Å². The van der Waals surface area contributed by atoms with E-state index in [1.807, 2.05) is 18.4 Å². The summed E-state index contributed by atoms with van der Waals surface area (Å²) in [6.45, 7) is 2.57. The summed E-state index contributed by atoms with van der Waals surface area (Å²) in [7, 11) is 0. The molecule has 2 aromatic heterocycles. The molecule has 0 amide bonds. The number of hydrogen-bond acceptors (Lipinski definition) is 5. The molecule has 1 atom stereocenters. The van der Waals surface area contributed by atoms with Crippen molar-refractivity contribution in [3.8, 4) is 0 Å². The number of nitrogens with zero attached hydrogens (tertiary/aromatic N) is 4. The second kappa shape index (κ2) is 3.85. The lowest BCUT2D eigenvalue weighted by Crippen LogP contribution is -2.14. The van der Waals surface area contributed by atoms with Crippen molar-refractivity contribution in [3.63, 3.8) is 0 Å². The zero-order valence-corrected chi connectivity index (χ0v) is 8.61. The molecule has 6 heteroatoms. The van der Waals surface area contributed by atoms with E-state index in [1.165, 1.54) is 4.88 Å². The third-order valence-corrected chi connectivity index (χ3v) is 2.71. The molecule has 0 aromatic carbocycles. The predicted molar refractivity (Wildman–Crippen MR) is 53.8 cm³/mol. The topological polar surface area (TPSA) is 69.6 Å². The Bertz CT molecular complexity index is 392. The number of aromatic nitrogens is 4. The second-order valence-electron chi connectivity index (χ2n) is 3.06. The fourth-order valence-corrected chi connectivity index (χ4v) is 1.89. The Morgan fingerprint density at radius 1 is 1.64 bits per heavy atom. The maximum Gasteiger partial charge on any atom is 0.168 e. The van der Waals surface area contributed by atoms with Gasteiger partial charge in [-0.15, -0.1) is 16.4 Å².